The summed E-state index contributed by atoms with van der Waals surface area (Å²) in [6.07, 6.45) is 4.29. The predicted octanol–water partition coefficient (Wildman–Crippen LogP) is 6.48. The first-order valence-electron chi connectivity index (χ1n) is 10.1. The van der Waals surface area contributed by atoms with Gasteiger partial charge >= 0.3 is 0 Å². The Morgan fingerprint density at radius 2 is 1.61 bits per heavy atom. The van der Waals surface area contributed by atoms with Gasteiger partial charge in [0.15, 0.2) is 11.3 Å². The van der Waals surface area contributed by atoms with Gasteiger partial charge in [0.2, 0.25) is 0 Å². The Bertz CT molecular complexity index is 1180. The number of nitriles is 2. The minimum absolute atomic E-state index is 0.0211. The van der Waals surface area contributed by atoms with Gasteiger partial charge in [-0.05, 0) is 69.5 Å². The van der Waals surface area contributed by atoms with E-state index in [1.807, 2.05) is 47.0 Å². The van der Waals surface area contributed by atoms with Crippen molar-refractivity contribution in [3.8, 4) is 12.1 Å². The van der Waals surface area contributed by atoms with Crippen molar-refractivity contribution in [3.05, 3.63) is 67.6 Å². The van der Waals surface area contributed by atoms with Gasteiger partial charge in [-0.1, -0.05) is 18.2 Å². The summed E-state index contributed by atoms with van der Waals surface area (Å²) < 4.78 is 6.08. The van der Waals surface area contributed by atoms with Crippen LogP contribution >= 0.6 is 11.3 Å². The molecule has 158 valence electrons. The van der Waals surface area contributed by atoms with Crippen molar-refractivity contribution >= 4 is 34.7 Å². The zero-order chi connectivity index (χ0) is 22.9. The summed E-state index contributed by atoms with van der Waals surface area (Å²) in [4.78, 5) is 4.42. The van der Waals surface area contributed by atoms with Gasteiger partial charge in [-0.15, -0.1) is 11.3 Å². The molecule has 0 saturated carbocycles. The lowest BCUT2D eigenvalue weighted by Gasteiger charge is -2.22. The Kier molecular flexibility index (Phi) is 6.11. The molecule has 2 heterocycles. The Balaban J connectivity index is 2.04. The van der Waals surface area contributed by atoms with Crippen LogP contribution in [0.1, 0.15) is 47.2 Å². The number of ether oxygens (including phenoxy) is 1. The highest BCUT2D eigenvalue weighted by atomic mass is 32.1. The highest BCUT2D eigenvalue weighted by molar-refractivity contribution is 7.14. The lowest BCUT2D eigenvalue weighted by molar-refractivity contribution is 0.109. The molecular weight excluding hydrogens is 402 g/mol. The normalized spacial score (nSPS) is 15.1. The van der Waals surface area contributed by atoms with Gasteiger partial charge in [-0.2, -0.15) is 10.5 Å². The van der Waals surface area contributed by atoms with Crippen LogP contribution in [0.15, 0.2) is 41.2 Å². The van der Waals surface area contributed by atoms with Gasteiger partial charge in [-0.3, -0.25) is 0 Å². The third kappa shape index (κ3) is 4.15. The van der Waals surface area contributed by atoms with E-state index in [9.17, 15) is 10.5 Å². The molecule has 1 aliphatic heterocycles. The standard InChI is InChI=1S/C26H27N3OS/c1-16-17(2)25(23-18(3)24(20(14-27)15-28)30-26(23,4)5)31-22(16)13-10-19-8-11-21(12-9-19)29(6)7/h8-13H,1-7H3/b13-10+. The number of rotatable bonds is 4. The van der Waals surface area contributed by atoms with Crippen molar-refractivity contribution in [2.24, 2.45) is 0 Å². The number of nitrogens with zero attached hydrogens (tertiary/aromatic N) is 3. The molecule has 0 radical (unpaired) electrons. The monoisotopic (exact) mass is 429 g/mol. The molecule has 0 unspecified atom stereocenters. The highest BCUT2D eigenvalue weighted by Gasteiger charge is 2.40. The molecule has 1 aromatic heterocycles. The Morgan fingerprint density at radius 1 is 1.00 bits per heavy atom. The SMILES string of the molecule is CC1=C(c2sc(/C=C/c3ccc(N(C)C)cc3)c(C)c2C)C(C)(C)OC1=C(C#N)C#N. The molecule has 4 nitrogen and oxygen atoms in total. The maximum atomic E-state index is 9.32. The molecule has 0 atom stereocenters. The van der Waals surface area contributed by atoms with Crippen molar-refractivity contribution in [3.63, 3.8) is 0 Å². The third-order valence-corrected chi connectivity index (χ3v) is 7.05. The number of anilines is 1. The van der Waals surface area contributed by atoms with Crippen molar-refractivity contribution in [2.45, 2.75) is 40.2 Å². The van der Waals surface area contributed by atoms with E-state index < -0.39 is 5.60 Å². The molecular formula is C26H27N3OS. The minimum Gasteiger partial charge on any atom is -0.481 e. The average Bonchev–Trinajstić information content (AvgIpc) is 3.13. The van der Waals surface area contributed by atoms with E-state index in [1.54, 1.807) is 11.3 Å². The lowest BCUT2D eigenvalue weighted by atomic mass is 9.91. The smallest absolute Gasteiger partial charge is 0.171 e. The molecule has 0 N–H and O–H groups in total. The predicted molar refractivity (Wildman–Crippen MR) is 130 cm³/mol. The van der Waals surface area contributed by atoms with Crippen molar-refractivity contribution in [1.82, 2.24) is 0 Å². The first-order valence-corrected chi connectivity index (χ1v) is 10.9. The quantitative estimate of drug-likeness (QED) is 0.522. The first kappa shape index (κ1) is 22.4. The summed E-state index contributed by atoms with van der Waals surface area (Å²) >= 11 is 1.72. The summed E-state index contributed by atoms with van der Waals surface area (Å²) in [5, 5.41) is 18.6. The Morgan fingerprint density at radius 3 is 2.16 bits per heavy atom. The van der Waals surface area contributed by atoms with E-state index in [1.165, 1.54) is 21.7 Å². The summed E-state index contributed by atoms with van der Waals surface area (Å²) in [6.45, 7) is 10.2. The maximum absolute atomic E-state index is 9.32. The number of hydrogen-bond acceptors (Lipinski definition) is 5. The Hall–Kier alpha value is -3.28. The van der Waals surface area contributed by atoms with Gasteiger partial charge in [0.05, 0.1) is 0 Å². The molecule has 5 heteroatoms. The zero-order valence-electron chi connectivity index (χ0n) is 19.1. The fourth-order valence-electron chi connectivity index (χ4n) is 3.83. The van der Waals surface area contributed by atoms with Crippen LogP contribution in [-0.4, -0.2) is 19.7 Å². The number of allylic oxidation sites excluding steroid dienone is 2. The van der Waals surface area contributed by atoms with Gasteiger partial charge < -0.3 is 9.64 Å². The summed E-state index contributed by atoms with van der Waals surface area (Å²) in [5.41, 5.74) is 6.08. The number of benzene rings is 1. The van der Waals surface area contributed by atoms with Gasteiger partial charge in [0, 0.05) is 40.7 Å². The van der Waals surface area contributed by atoms with Crippen LogP contribution in [0.25, 0.3) is 17.7 Å². The summed E-state index contributed by atoms with van der Waals surface area (Å²) in [6, 6.07) is 12.4. The molecule has 0 fully saturated rings. The molecule has 3 rings (SSSR count). The first-order chi connectivity index (χ1) is 14.6. The molecule has 0 spiro atoms. The van der Waals surface area contributed by atoms with E-state index in [4.69, 9.17) is 4.74 Å². The fourth-order valence-corrected chi connectivity index (χ4v) is 5.30. The molecule has 31 heavy (non-hydrogen) atoms. The minimum atomic E-state index is -0.608. The molecule has 0 amide bonds. The topological polar surface area (TPSA) is 60.0 Å². The number of hydrogen-bond donors (Lipinski definition) is 0. The van der Waals surface area contributed by atoms with Crippen molar-refractivity contribution in [1.29, 1.82) is 10.5 Å². The van der Waals surface area contributed by atoms with Crippen LogP contribution in [0.5, 0.6) is 0 Å². The Labute approximate surface area is 189 Å². The van der Waals surface area contributed by atoms with E-state index in [0.29, 0.717) is 5.76 Å². The van der Waals surface area contributed by atoms with Gasteiger partial charge in [0.25, 0.3) is 0 Å². The average molecular weight is 430 g/mol. The second kappa shape index (κ2) is 8.46. The molecule has 0 aliphatic carbocycles. The molecule has 2 aromatic rings. The van der Waals surface area contributed by atoms with Crippen LogP contribution in [0.3, 0.4) is 0 Å². The number of thiophene rings is 1. The molecule has 0 saturated heterocycles. The van der Waals surface area contributed by atoms with Crippen molar-refractivity contribution < 1.29 is 4.74 Å². The molecule has 1 aliphatic rings. The molecule has 1 aromatic carbocycles. The van der Waals surface area contributed by atoms with Gasteiger partial charge in [-0.25, -0.2) is 0 Å². The summed E-state index contributed by atoms with van der Waals surface area (Å²) in [5.74, 6) is 0.397. The third-order valence-electron chi connectivity index (χ3n) is 5.67. The van der Waals surface area contributed by atoms with Crippen LogP contribution in [0, 0.1) is 36.5 Å². The summed E-state index contributed by atoms with van der Waals surface area (Å²) in [7, 11) is 4.07. The van der Waals surface area contributed by atoms with E-state index in [2.05, 4.69) is 55.2 Å². The second-order valence-electron chi connectivity index (χ2n) is 8.40. The van der Waals surface area contributed by atoms with Crippen LogP contribution in [-0.2, 0) is 4.74 Å². The molecule has 0 bridgehead atoms. The van der Waals surface area contributed by atoms with E-state index in [-0.39, 0.29) is 5.57 Å². The lowest BCUT2D eigenvalue weighted by Crippen LogP contribution is -2.20. The van der Waals surface area contributed by atoms with Crippen LogP contribution in [0.4, 0.5) is 5.69 Å². The van der Waals surface area contributed by atoms with Crippen molar-refractivity contribution in [2.75, 3.05) is 19.0 Å². The van der Waals surface area contributed by atoms with E-state index in [0.717, 1.165) is 21.6 Å². The zero-order valence-corrected chi connectivity index (χ0v) is 19.9. The highest BCUT2D eigenvalue weighted by Crippen LogP contribution is 2.48. The largest absolute Gasteiger partial charge is 0.481 e. The fraction of sp³-hybridized carbons (Fsp3) is 0.308. The maximum Gasteiger partial charge on any atom is 0.171 e. The van der Waals surface area contributed by atoms with Crippen LogP contribution in [0.2, 0.25) is 0 Å². The second-order valence-corrected chi connectivity index (χ2v) is 9.46. The van der Waals surface area contributed by atoms with E-state index >= 15 is 0 Å². The van der Waals surface area contributed by atoms with Crippen LogP contribution < -0.4 is 4.90 Å². The van der Waals surface area contributed by atoms with Gasteiger partial charge in [0.1, 0.15) is 17.7 Å².